The second-order valence-corrected chi connectivity index (χ2v) is 4.55. The maximum Gasteiger partial charge on any atom is 0.256 e. The van der Waals surface area contributed by atoms with Gasteiger partial charge in [0.05, 0.1) is 0 Å². The summed E-state index contributed by atoms with van der Waals surface area (Å²) in [6, 6.07) is 9.75. The molecule has 5 nitrogen and oxygen atoms in total. The van der Waals surface area contributed by atoms with E-state index in [0.717, 1.165) is 5.56 Å². The van der Waals surface area contributed by atoms with E-state index in [2.05, 4.69) is 0 Å². The van der Waals surface area contributed by atoms with Crippen LogP contribution in [0.3, 0.4) is 0 Å². The Bertz CT molecular complexity index is 423. The third kappa shape index (κ3) is 2.94. The van der Waals surface area contributed by atoms with E-state index in [4.69, 9.17) is 4.74 Å². The lowest BCUT2D eigenvalue weighted by Gasteiger charge is -2.25. The largest absolute Gasteiger partial charge is 0.385 e. The molecule has 1 fully saturated rings. The number of aliphatic hydroxyl groups excluding tert-OH is 2. The van der Waals surface area contributed by atoms with Crippen molar-refractivity contribution < 1.29 is 19.7 Å². The van der Waals surface area contributed by atoms with E-state index in [9.17, 15) is 15.0 Å². The average Bonchev–Trinajstić information content (AvgIpc) is 2.63. The third-order valence-corrected chi connectivity index (χ3v) is 3.28. The Balaban J connectivity index is 2.02. The second kappa shape index (κ2) is 6.14. The summed E-state index contributed by atoms with van der Waals surface area (Å²) >= 11 is 0. The Morgan fingerprint density at radius 1 is 1.26 bits per heavy atom. The van der Waals surface area contributed by atoms with Gasteiger partial charge in [0, 0.05) is 13.2 Å². The molecular formula is C14H19NO4. The molecule has 1 aliphatic rings. The Hall–Kier alpha value is -1.43. The number of hydrogen-bond acceptors (Lipinski definition) is 4. The number of likely N-dealkylation sites (tertiary alicyclic amines) is 1. The van der Waals surface area contributed by atoms with Crippen molar-refractivity contribution in [1.29, 1.82) is 0 Å². The van der Waals surface area contributed by atoms with Crippen molar-refractivity contribution in [2.45, 2.75) is 31.8 Å². The number of nitrogens with zero attached hydrogens (tertiary/aromatic N) is 1. The molecule has 19 heavy (non-hydrogen) atoms. The molecule has 0 spiro atoms. The van der Waals surface area contributed by atoms with E-state index in [0.29, 0.717) is 19.6 Å². The first-order valence-electron chi connectivity index (χ1n) is 6.47. The van der Waals surface area contributed by atoms with Crippen LogP contribution in [0.4, 0.5) is 0 Å². The monoisotopic (exact) mass is 265 g/mol. The zero-order chi connectivity index (χ0) is 13.8. The molecule has 0 aliphatic carbocycles. The van der Waals surface area contributed by atoms with E-state index in [1.807, 2.05) is 30.3 Å². The van der Waals surface area contributed by atoms with Crippen molar-refractivity contribution in [2.24, 2.45) is 0 Å². The van der Waals surface area contributed by atoms with E-state index >= 15 is 0 Å². The quantitative estimate of drug-likeness (QED) is 0.795. The van der Waals surface area contributed by atoms with Gasteiger partial charge in [0.1, 0.15) is 6.10 Å². The smallest absolute Gasteiger partial charge is 0.256 e. The van der Waals surface area contributed by atoms with Gasteiger partial charge in [0.2, 0.25) is 0 Å². The molecule has 0 bridgehead atoms. The van der Waals surface area contributed by atoms with Crippen molar-refractivity contribution in [3.63, 3.8) is 0 Å². The van der Waals surface area contributed by atoms with E-state index in [-0.39, 0.29) is 0 Å². The zero-order valence-corrected chi connectivity index (χ0v) is 10.9. The molecule has 1 unspecified atom stereocenters. The molecule has 0 aromatic heterocycles. The molecule has 1 heterocycles. The molecule has 0 saturated carbocycles. The Kier molecular flexibility index (Phi) is 4.52. The minimum atomic E-state index is -1.38. The van der Waals surface area contributed by atoms with E-state index < -0.39 is 24.3 Å². The standard InChI is InChI=1S/C14H19NO4/c1-2-19-14-12(17)11(16)13(18)15(14)9-8-10-6-4-3-5-7-10/h3-7,11-12,14,16-17H,2,8-9H2,1H3/t11-,12-,14?/m1/s1. The van der Waals surface area contributed by atoms with Crippen LogP contribution < -0.4 is 0 Å². The van der Waals surface area contributed by atoms with Crippen LogP contribution in [0.2, 0.25) is 0 Å². The summed E-state index contributed by atoms with van der Waals surface area (Å²) in [5.74, 6) is -0.470. The Morgan fingerprint density at radius 3 is 2.58 bits per heavy atom. The zero-order valence-electron chi connectivity index (χ0n) is 10.9. The molecule has 3 atom stereocenters. The third-order valence-electron chi connectivity index (χ3n) is 3.28. The average molecular weight is 265 g/mol. The van der Waals surface area contributed by atoms with Crippen molar-refractivity contribution in [3.05, 3.63) is 35.9 Å². The van der Waals surface area contributed by atoms with Gasteiger partial charge in [-0.25, -0.2) is 0 Å². The highest BCUT2D eigenvalue weighted by Gasteiger charge is 2.46. The van der Waals surface area contributed by atoms with Gasteiger partial charge in [0.15, 0.2) is 12.3 Å². The van der Waals surface area contributed by atoms with Crippen LogP contribution in [0.1, 0.15) is 12.5 Å². The lowest BCUT2D eigenvalue weighted by atomic mass is 10.1. The molecule has 1 aliphatic heterocycles. The molecule has 1 aromatic carbocycles. The fourth-order valence-electron chi connectivity index (χ4n) is 2.27. The van der Waals surface area contributed by atoms with Crippen LogP contribution in [0, 0.1) is 0 Å². The molecule has 1 saturated heterocycles. The molecule has 0 radical (unpaired) electrons. The highest BCUT2D eigenvalue weighted by atomic mass is 16.5. The minimum absolute atomic E-state index is 0.379. The number of aliphatic hydroxyl groups is 2. The number of ether oxygens (including phenoxy) is 1. The summed E-state index contributed by atoms with van der Waals surface area (Å²) in [4.78, 5) is 13.3. The molecule has 2 rings (SSSR count). The van der Waals surface area contributed by atoms with Gasteiger partial charge >= 0.3 is 0 Å². The van der Waals surface area contributed by atoms with Gasteiger partial charge in [-0.3, -0.25) is 4.79 Å². The summed E-state index contributed by atoms with van der Waals surface area (Å²) in [5, 5.41) is 19.4. The van der Waals surface area contributed by atoms with E-state index in [1.54, 1.807) is 6.92 Å². The van der Waals surface area contributed by atoms with Crippen molar-refractivity contribution in [2.75, 3.05) is 13.2 Å². The maximum absolute atomic E-state index is 11.9. The van der Waals surface area contributed by atoms with Gasteiger partial charge in [-0.15, -0.1) is 0 Å². The van der Waals surface area contributed by atoms with E-state index in [1.165, 1.54) is 4.90 Å². The molecule has 104 valence electrons. The van der Waals surface area contributed by atoms with Gasteiger partial charge in [-0.2, -0.15) is 0 Å². The van der Waals surface area contributed by atoms with Crippen LogP contribution in [0.15, 0.2) is 30.3 Å². The SMILES string of the molecule is CCOC1[C@H](O)[C@@H](O)C(=O)N1CCc1ccccc1. The second-order valence-electron chi connectivity index (χ2n) is 4.55. The lowest BCUT2D eigenvalue weighted by Crippen LogP contribution is -2.40. The lowest BCUT2D eigenvalue weighted by molar-refractivity contribution is -0.140. The fourth-order valence-corrected chi connectivity index (χ4v) is 2.27. The van der Waals surface area contributed by atoms with Crippen LogP contribution in [0.5, 0.6) is 0 Å². The first kappa shape index (κ1) is 14.0. The summed E-state index contributed by atoms with van der Waals surface area (Å²) in [5.41, 5.74) is 1.10. The fraction of sp³-hybridized carbons (Fsp3) is 0.500. The summed E-state index contributed by atoms with van der Waals surface area (Å²) in [6.07, 6.45) is -2.65. The number of benzene rings is 1. The molecule has 1 amide bonds. The van der Waals surface area contributed by atoms with Gasteiger partial charge in [-0.1, -0.05) is 30.3 Å². The molecule has 5 heteroatoms. The summed E-state index contributed by atoms with van der Waals surface area (Å²) < 4.78 is 5.35. The predicted octanol–water partition coefficient (Wildman–Crippen LogP) is 0.156. The van der Waals surface area contributed by atoms with Crippen LogP contribution >= 0.6 is 0 Å². The summed E-state index contributed by atoms with van der Waals surface area (Å²) in [6.45, 7) is 2.59. The Labute approximate surface area is 112 Å². The molecular weight excluding hydrogens is 246 g/mol. The Morgan fingerprint density at radius 2 is 1.95 bits per heavy atom. The highest BCUT2D eigenvalue weighted by molar-refractivity contribution is 5.84. The first-order chi connectivity index (χ1) is 9.15. The predicted molar refractivity (Wildman–Crippen MR) is 69.3 cm³/mol. The van der Waals surface area contributed by atoms with Crippen molar-refractivity contribution in [1.82, 2.24) is 4.90 Å². The van der Waals surface area contributed by atoms with Crippen LogP contribution in [0.25, 0.3) is 0 Å². The topological polar surface area (TPSA) is 70.0 Å². The molecule has 1 aromatic rings. The van der Waals surface area contributed by atoms with Gasteiger partial charge in [-0.05, 0) is 18.9 Å². The number of carbonyl (C=O) groups excluding carboxylic acids is 1. The van der Waals surface area contributed by atoms with Crippen LogP contribution in [-0.4, -0.2) is 52.6 Å². The molecule has 2 N–H and O–H groups in total. The summed E-state index contributed by atoms with van der Waals surface area (Å²) in [7, 11) is 0. The van der Waals surface area contributed by atoms with Crippen LogP contribution in [-0.2, 0) is 16.0 Å². The van der Waals surface area contributed by atoms with Gasteiger partial charge in [0.25, 0.3) is 5.91 Å². The number of carbonyl (C=O) groups is 1. The first-order valence-corrected chi connectivity index (χ1v) is 6.47. The number of hydrogen-bond donors (Lipinski definition) is 2. The number of amides is 1. The van der Waals surface area contributed by atoms with Gasteiger partial charge < -0.3 is 19.8 Å². The number of rotatable bonds is 5. The highest BCUT2D eigenvalue weighted by Crippen LogP contribution is 2.21. The van der Waals surface area contributed by atoms with Crippen molar-refractivity contribution in [3.8, 4) is 0 Å². The minimum Gasteiger partial charge on any atom is -0.385 e. The maximum atomic E-state index is 11.9. The van der Waals surface area contributed by atoms with Crippen molar-refractivity contribution >= 4 is 5.91 Å². The normalized spacial score (nSPS) is 27.0.